The predicted molar refractivity (Wildman–Crippen MR) is 161 cm³/mol. The largest absolute Gasteiger partial charge is 0.389 e. The maximum atomic E-state index is 13.9. The van der Waals surface area contributed by atoms with Crippen LogP contribution >= 0.6 is 0 Å². The fraction of sp³-hybridized carbons (Fsp3) is 0.281. The maximum Gasteiger partial charge on any atom is 0.266 e. The lowest BCUT2D eigenvalue weighted by atomic mass is 10.0. The van der Waals surface area contributed by atoms with Gasteiger partial charge in [-0.3, -0.25) is 14.3 Å². The first-order valence-electron chi connectivity index (χ1n) is 14.2. The summed E-state index contributed by atoms with van der Waals surface area (Å²) in [5.41, 5.74) is 10.6. The Balaban J connectivity index is 1.17. The number of hydrogen-bond acceptors (Lipinski definition) is 6. The summed E-state index contributed by atoms with van der Waals surface area (Å²) in [5, 5.41) is 9.93. The van der Waals surface area contributed by atoms with Crippen molar-refractivity contribution in [3.05, 3.63) is 107 Å². The van der Waals surface area contributed by atoms with Crippen LogP contribution in [0.4, 0.5) is 4.39 Å². The van der Waals surface area contributed by atoms with Crippen molar-refractivity contribution < 1.29 is 4.39 Å². The van der Waals surface area contributed by atoms with E-state index in [0.29, 0.717) is 30.8 Å². The lowest BCUT2D eigenvalue weighted by Crippen LogP contribution is -2.28. The highest BCUT2D eigenvalue weighted by Crippen LogP contribution is 2.22. The lowest BCUT2D eigenvalue weighted by Gasteiger charge is -2.14. The molecule has 0 amide bonds. The highest BCUT2D eigenvalue weighted by molar-refractivity contribution is 5.83. The first-order chi connectivity index (χ1) is 20.1. The summed E-state index contributed by atoms with van der Waals surface area (Å²) in [6.45, 7) is 5.13. The zero-order chi connectivity index (χ0) is 28.2. The molecule has 0 saturated carbocycles. The average Bonchev–Trinajstić information content (AvgIpc) is 3.66. The van der Waals surface area contributed by atoms with Gasteiger partial charge in [0.1, 0.15) is 5.82 Å². The molecule has 2 aromatic carbocycles. The molecule has 0 bridgehead atoms. The molecular weight excluding hydrogens is 517 g/mol. The third-order valence-corrected chi connectivity index (χ3v) is 7.75. The summed E-state index contributed by atoms with van der Waals surface area (Å²) >= 11 is 0. The second-order valence-corrected chi connectivity index (χ2v) is 10.5. The number of hydrogen-bond donors (Lipinski definition) is 2. The van der Waals surface area contributed by atoms with Gasteiger partial charge in [-0.2, -0.15) is 5.10 Å². The zero-order valence-electron chi connectivity index (χ0n) is 23.0. The Labute approximate surface area is 237 Å². The molecular formula is C32H34FN7O. The Kier molecular flexibility index (Phi) is 7.89. The van der Waals surface area contributed by atoms with E-state index in [1.54, 1.807) is 16.7 Å². The molecule has 9 heteroatoms. The Bertz CT molecular complexity index is 1770. The number of fused-ring (bicyclic) bond motifs is 2. The number of nitrogens with one attached hydrogen (secondary N) is 1. The molecule has 1 fully saturated rings. The third kappa shape index (κ3) is 6.06. The standard InChI is InChI=1S/C32H34FN7O/c33-28-5-4-24-10-14-39(30(24)19-28)31-7-8-32(41)40(37-31)15-9-23-3-6-29-25(17-23)18-26(22-36-29)27(20-34)21-35-11-16-38-12-1-2-13-38/h3-8,10,14,17-19,21-22,35H,1-2,9,11-13,15-16,20,34H2/b27-21+. The zero-order valence-corrected chi connectivity index (χ0v) is 23.0. The second-order valence-electron chi connectivity index (χ2n) is 10.5. The molecule has 1 aliphatic rings. The lowest BCUT2D eigenvalue weighted by molar-refractivity contribution is 0.342. The molecule has 3 aromatic heterocycles. The van der Waals surface area contributed by atoms with Gasteiger partial charge in [-0.05, 0) is 97.6 Å². The van der Waals surface area contributed by atoms with Crippen molar-refractivity contribution in [2.24, 2.45) is 5.73 Å². The highest BCUT2D eigenvalue weighted by Gasteiger charge is 2.11. The normalized spacial score (nSPS) is 14.3. The average molecular weight is 552 g/mol. The van der Waals surface area contributed by atoms with Crippen LogP contribution in [0.25, 0.3) is 33.2 Å². The number of nitrogens with two attached hydrogens (primary N) is 1. The van der Waals surface area contributed by atoms with Crippen molar-refractivity contribution in [3.63, 3.8) is 0 Å². The van der Waals surface area contributed by atoms with Crippen molar-refractivity contribution in [1.29, 1.82) is 0 Å². The van der Waals surface area contributed by atoms with Gasteiger partial charge in [-0.25, -0.2) is 9.07 Å². The Hall–Kier alpha value is -4.34. The van der Waals surface area contributed by atoms with Gasteiger partial charge in [-0.15, -0.1) is 0 Å². The number of benzene rings is 2. The number of aromatic nitrogens is 4. The number of nitrogens with zero attached hydrogens (tertiary/aromatic N) is 5. The van der Waals surface area contributed by atoms with Crippen LogP contribution in [0.2, 0.25) is 0 Å². The minimum atomic E-state index is -0.317. The van der Waals surface area contributed by atoms with Crippen LogP contribution in [0.1, 0.15) is 24.0 Å². The van der Waals surface area contributed by atoms with Gasteiger partial charge >= 0.3 is 0 Å². The molecule has 8 nitrogen and oxygen atoms in total. The smallest absolute Gasteiger partial charge is 0.266 e. The van der Waals surface area contributed by atoms with E-state index in [2.05, 4.69) is 32.4 Å². The van der Waals surface area contributed by atoms with Crippen molar-refractivity contribution in [2.45, 2.75) is 25.8 Å². The maximum absolute atomic E-state index is 13.9. The minimum absolute atomic E-state index is 0.184. The summed E-state index contributed by atoms with van der Waals surface area (Å²) in [7, 11) is 0. The number of aryl methyl sites for hydroxylation is 2. The van der Waals surface area contributed by atoms with Crippen molar-refractivity contribution in [1.82, 2.24) is 29.5 Å². The number of pyridine rings is 1. The first-order valence-corrected chi connectivity index (χ1v) is 14.2. The van der Waals surface area contributed by atoms with Crippen molar-refractivity contribution >= 4 is 27.4 Å². The number of likely N-dealkylation sites (tertiary alicyclic amines) is 1. The molecule has 1 aliphatic heterocycles. The first kappa shape index (κ1) is 26.9. The Morgan fingerprint density at radius 3 is 2.73 bits per heavy atom. The van der Waals surface area contributed by atoms with Gasteiger partial charge in [0.05, 0.1) is 11.0 Å². The van der Waals surface area contributed by atoms with Gasteiger partial charge in [0.2, 0.25) is 0 Å². The van der Waals surface area contributed by atoms with Gasteiger partial charge in [0.25, 0.3) is 5.56 Å². The molecule has 4 heterocycles. The van der Waals surface area contributed by atoms with Crippen LogP contribution in [0, 0.1) is 5.82 Å². The molecule has 0 unspecified atom stereocenters. The Morgan fingerprint density at radius 2 is 1.88 bits per heavy atom. The summed E-state index contributed by atoms with van der Waals surface area (Å²) in [5.74, 6) is 0.246. The number of halogens is 1. The Morgan fingerprint density at radius 1 is 1.00 bits per heavy atom. The molecule has 3 N–H and O–H groups in total. The van der Waals surface area contributed by atoms with E-state index in [-0.39, 0.29) is 11.4 Å². The molecule has 210 valence electrons. The van der Waals surface area contributed by atoms with Gasteiger partial charge < -0.3 is 16.0 Å². The van der Waals surface area contributed by atoms with Crippen LogP contribution in [-0.2, 0) is 13.0 Å². The minimum Gasteiger partial charge on any atom is -0.389 e. The summed E-state index contributed by atoms with van der Waals surface area (Å²) in [6.07, 6.45) is 8.92. The SMILES string of the molecule is NC/C(=C\NCCN1CCCC1)c1cnc2ccc(CCn3nc(-n4ccc5ccc(F)cc54)ccc3=O)cc2c1. The molecule has 0 aliphatic carbocycles. The quantitative estimate of drug-likeness (QED) is 0.254. The van der Waals surface area contributed by atoms with Crippen LogP contribution in [0.5, 0.6) is 0 Å². The van der Waals surface area contributed by atoms with E-state index >= 15 is 0 Å². The fourth-order valence-corrected chi connectivity index (χ4v) is 5.46. The highest BCUT2D eigenvalue weighted by atomic mass is 19.1. The van der Waals surface area contributed by atoms with E-state index in [9.17, 15) is 9.18 Å². The molecule has 1 saturated heterocycles. The fourth-order valence-electron chi connectivity index (χ4n) is 5.46. The van der Waals surface area contributed by atoms with Crippen molar-refractivity contribution in [3.8, 4) is 5.82 Å². The molecule has 0 radical (unpaired) electrons. The summed E-state index contributed by atoms with van der Waals surface area (Å²) in [4.78, 5) is 19.8. The van der Waals surface area contributed by atoms with E-state index in [1.165, 1.54) is 48.8 Å². The van der Waals surface area contributed by atoms with E-state index in [1.807, 2.05) is 36.8 Å². The van der Waals surface area contributed by atoms with Gasteiger partial charge in [0, 0.05) is 61.6 Å². The van der Waals surface area contributed by atoms with Crippen LogP contribution in [0.15, 0.2) is 84.1 Å². The van der Waals surface area contributed by atoms with E-state index in [4.69, 9.17) is 5.73 Å². The molecule has 5 aromatic rings. The van der Waals surface area contributed by atoms with E-state index < -0.39 is 0 Å². The van der Waals surface area contributed by atoms with Crippen molar-refractivity contribution in [2.75, 3.05) is 32.7 Å². The molecule has 0 spiro atoms. The van der Waals surface area contributed by atoms with Crippen LogP contribution < -0.4 is 16.6 Å². The molecule has 41 heavy (non-hydrogen) atoms. The molecule has 6 rings (SSSR count). The molecule has 0 atom stereocenters. The predicted octanol–water partition coefficient (Wildman–Crippen LogP) is 4.10. The topological polar surface area (TPSA) is 94.0 Å². The van der Waals surface area contributed by atoms with E-state index in [0.717, 1.165) is 46.1 Å². The van der Waals surface area contributed by atoms with Gasteiger partial charge in [0.15, 0.2) is 5.82 Å². The summed E-state index contributed by atoms with van der Waals surface area (Å²) in [6, 6.07) is 18.0. The number of rotatable bonds is 10. The van der Waals surface area contributed by atoms with Gasteiger partial charge in [-0.1, -0.05) is 6.07 Å². The van der Waals surface area contributed by atoms with Crippen LogP contribution in [0.3, 0.4) is 0 Å². The third-order valence-electron chi connectivity index (χ3n) is 7.75. The van der Waals surface area contributed by atoms with Crippen LogP contribution in [-0.4, -0.2) is 57.0 Å². The monoisotopic (exact) mass is 551 g/mol. The second kappa shape index (κ2) is 12.0. The summed E-state index contributed by atoms with van der Waals surface area (Å²) < 4.78 is 17.1.